The van der Waals surface area contributed by atoms with Gasteiger partial charge >= 0.3 is 12.2 Å². The predicted molar refractivity (Wildman–Crippen MR) is 131 cm³/mol. The lowest BCUT2D eigenvalue weighted by atomic mass is 9.90. The van der Waals surface area contributed by atoms with Gasteiger partial charge in [-0.25, -0.2) is 9.59 Å². The van der Waals surface area contributed by atoms with Crippen molar-refractivity contribution in [1.82, 2.24) is 10.6 Å². The minimum absolute atomic E-state index is 0.259. The molecule has 0 saturated heterocycles. The van der Waals surface area contributed by atoms with E-state index in [0.29, 0.717) is 41.6 Å². The van der Waals surface area contributed by atoms with E-state index in [1.54, 1.807) is 13.8 Å². The highest BCUT2D eigenvalue weighted by atomic mass is 16.7. The molecule has 1 aliphatic heterocycles. The van der Waals surface area contributed by atoms with E-state index < -0.39 is 18.2 Å². The number of nitrogens with one attached hydrogen (secondary N) is 2. The number of amides is 1. The van der Waals surface area contributed by atoms with E-state index >= 15 is 0 Å². The number of ether oxygens (including phenoxy) is 4. The Hall–Kier alpha value is -3.94. The summed E-state index contributed by atoms with van der Waals surface area (Å²) in [6.45, 7) is 6.46. The van der Waals surface area contributed by atoms with Gasteiger partial charge in [-0.3, -0.25) is 0 Å². The molecule has 35 heavy (non-hydrogen) atoms. The molecular formula is C27H32N2O6. The number of alkyl carbamates (subject to hydrolysis) is 1. The molecule has 2 aromatic rings. The molecular weight excluding hydrogens is 448 g/mol. The van der Waals surface area contributed by atoms with Crippen LogP contribution in [0.15, 0.2) is 77.5 Å². The van der Waals surface area contributed by atoms with Crippen LogP contribution in [-0.2, 0) is 20.8 Å². The molecule has 3 rings (SSSR count). The van der Waals surface area contributed by atoms with Crippen LogP contribution >= 0.6 is 0 Å². The highest BCUT2D eigenvalue weighted by Gasteiger charge is 2.36. The van der Waals surface area contributed by atoms with Crippen LogP contribution in [0.2, 0.25) is 0 Å². The SMILES string of the molecule is CCCCNC(=O)OC1=C(C)NC(C)=C(OC(=O)OC)C1c1ccccc1OCc1ccccc1. The molecule has 2 aromatic carbocycles. The molecule has 8 heteroatoms. The first-order valence-corrected chi connectivity index (χ1v) is 11.6. The molecule has 0 radical (unpaired) electrons. The van der Waals surface area contributed by atoms with Gasteiger partial charge in [-0.2, -0.15) is 0 Å². The molecule has 0 bridgehead atoms. The van der Waals surface area contributed by atoms with Crippen molar-refractivity contribution in [2.75, 3.05) is 13.7 Å². The summed E-state index contributed by atoms with van der Waals surface area (Å²) in [4.78, 5) is 24.7. The first-order chi connectivity index (χ1) is 16.9. The normalized spacial score (nSPS) is 15.3. The van der Waals surface area contributed by atoms with Gasteiger partial charge in [0.05, 0.1) is 18.5 Å². The third kappa shape index (κ3) is 6.79. The third-order valence-corrected chi connectivity index (χ3v) is 5.47. The van der Waals surface area contributed by atoms with E-state index in [2.05, 4.69) is 10.6 Å². The Balaban J connectivity index is 1.99. The molecule has 0 spiro atoms. The molecule has 8 nitrogen and oxygen atoms in total. The van der Waals surface area contributed by atoms with Crippen molar-refractivity contribution in [2.45, 2.75) is 46.1 Å². The van der Waals surface area contributed by atoms with Crippen molar-refractivity contribution in [1.29, 1.82) is 0 Å². The van der Waals surface area contributed by atoms with E-state index in [1.807, 2.05) is 61.5 Å². The summed E-state index contributed by atoms with van der Waals surface area (Å²) in [7, 11) is 1.24. The zero-order valence-electron chi connectivity index (χ0n) is 20.6. The average molecular weight is 481 g/mol. The largest absolute Gasteiger partial charge is 0.513 e. The number of methoxy groups -OCH3 is 1. The molecule has 1 heterocycles. The number of carbonyl (C=O) groups is 2. The topological polar surface area (TPSA) is 95.1 Å². The monoisotopic (exact) mass is 480 g/mol. The third-order valence-electron chi connectivity index (χ3n) is 5.47. The van der Waals surface area contributed by atoms with Crippen LogP contribution in [0.1, 0.15) is 50.7 Å². The Morgan fingerprint density at radius 1 is 0.943 bits per heavy atom. The van der Waals surface area contributed by atoms with Gasteiger partial charge in [-0.05, 0) is 31.9 Å². The molecule has 1 amide bonds. The fourth-order valence-electron chi connectivity index (χ4n) is 3.73. The molecule has 0 fully saturated rings. The highest BCUT2D eigenvalue weighted by Crippen LogP contribution is 2.43. The van der Waals surface area contributed by atoms with Crippen molar-refractivity contribution >= 4 is 12.2 Å². The van der Waals surface area contributed by atoms with E-state index in [4.69, 9.17) is 18.9 Å². The van der Waals surface area contributed by atoms with Crippen LogP contribution in [0.4, 0.5) is 9.59 Å². The van der Waals surface area contributed by atoms with Crippen molar-refractivity contribution in [3.63, 3.8) is 0 Å². The van der Waals surface area contributed by atoms with Gasteiger partial charge in [0, 0.05) is 12.1 Å². The lowest BCUT2D eigenvalue weighted by molar-refractivity contribution is 0.0886. The average Bonchev–Trinajstić information content (AvgIpc) is 2.86. The Morgan fingerprint density at radius 2 is 1.60 bits per heavy atom. The number of unbranched alkanes of at least 4 members (excludes halogenated alkanes) is 1. The Bertz CT molecular complexity index is 1090. The molecule has 1 unspecified atom stereocenters. The summed E-state index contributed by atoms with van der Waals surface area (Å²) in [5, 5.41) is 5.90. The molecule has 0 saturated carbocycles. The van der Waals surface area contributed by atoms with Gasteiger partial charge in [0.15, 0.2) is 0 Å². The number of dihydropyridines is 1. The smallest absolute Gasteiger partial charge is 0.489 e. The molecule has 0 aliphatic carbocycles. The van der Waals surface area contributed by atoms with E-state index in [0.717, 1.165) is 18.4 Å². The number of hydrogen-bond acceptors (Lipinski definition) is 7. The number of rotatable bonds is 9. The Labute approximate surface area is 205 Å². The van der Waals surface area contributed by atoms with E-state index in [1.165, 1.54) is 7.11 Å². The summed E-state index contributed by atoms with van der Waals surface area (Å²) in [6.07, 6.45) is 0.317. The van der Waals surface area contributed by atoms with Crippen LogP contribution in [0.5, 0.6) is 5.75 Å². The molecule has 1 aliphatic rings. The van der Waals surface area contributed by atoms with E-state index in [9.17, 15) is 9.59 Å². The fourth-order valence-corrected chi connectivity index (χ4v) is 3.73. The maximum atomic E-state index is 12.6. The summed E-state index contributed by atoms with van der Waals surface area (Å²) in [5.74, 6) is 0.412. The van der Waals surface area contributed by atoms with Crippen molar-refractivity contribution in [2.24, 2.45) is 0 Å². The highest BCUT2D eigenvalue weighted by molar-refractivity contribution is 5.70. The van der Waals surface area contributed by atoms with Gasteiger partial charge < -0.3 is 29.6 Å². The molecule has 2 N–H and O–H groups in total. The predicted octanol–water partition coefficient (Wildman–Crippen LogP) is 5.72. The number of benzene rings is 2. The number of hydrogen-bond donors (Lipinski definition) is 2. The van der Waals surface area contributed by atoms with Gasteiger partial charge in [0.25, 0.3) is 0 Å². The van der Waals surface area contributed by atoms with Gasteiger partial charge in [-0.1, -0.05) is 61.9 Å². The first kappa shape index (κ1) is 25.7. The van der Waals surface area contributed by atoms with Crippen molar-refractivity contribution < 1.29 is 28.5 Å². The minimum atomic E-state index is -0.875. The summed E-state index contributed by atoms with van der Waals surface area (Å²) in [6, 6.07) is 17.2. The van der Waals surface area contributed by atoms with Crippen LogP contribution in [0, 0.1) is 0 Å². The molecule has 0 aromatic heterocycles. The summed E-state index contributed by atoms with van der Waals surface area (Å²) in [5.41, 5.74) is 2.89. The van der Waals surface area contributed by atoms with Crippen molar-refractivity contribution in [3.05, 3.63) is 88.6 Å². The second-order valence-corrected chi connectivity index (χ2v) is 8.07. The molecule has 186 valence electrons. The van der Waals surface area contributed by atoms with Crippen LogP contribution < -0.4 is 15.4 Å². The summed E-state index contributed by atoms with van der Waals surface area (Å²) >= 11 is 0. The standard InChI is InChI=1S/C27H32N2O6/c1-5-6-16-28-26(30)34-24-18(2)29-19(3)25(35-27(31)32-4)23(24)21-14-10-11-15-22(21)33-17-20-12-8-7-9-13-20/h7-15,23,29H,5-6,16-17H2,1-4H3,(H,28,30). The minimum Gasteiger partial charge on any atom is -0.489 e. The van der Waals surface area contributed by atoms with Crippen LogP contribution in [-0.4, -0.2) is 25.9 Å². The second kappa shape index (κ2) is 12.5. The Kier molecular flexibility index (Phi) is 9.17. The lowest BCUT2D eigenvalue weighted by Gasteiger charge is -2.31. The maximum absolute atomic E-state index is 12.6. The fraction of sp³-hybridized carbons (Fsp3) is 0.333. The van der Waals surface area contributed by atoms with Crippen LogP contribution in [0.25, 0.3) is 0 Å². The lowest BCUT2D eigenvalue weighted by Crippen LogP contribution is -2.32. The van der Waals surface area contributed by atoms with E-state index in [-0.39, 0.29) is 5.76 Å². The Morgan fingerprint density at radius 3 is 2.29 bits per heavy atom. The summed E-state index contributed by atoms with van der Waals surface area (Å²) < 4.78 is 22.2. The number of para-hydroxylation sites is 1. The van der Waals surface area contributed by atoms with Crippen LogP contribution in [0.3, 0.4) is 0 Å². The maximum Gasteiger partial charge on any atom is 0.513 e. The quantitative estimate of drug-likeness (QED) is 0.350. The molecule has 1 atom stereocenters. The number of carbonyl (C=O) groups excluding carboxylic acids is 2. The van der Waals surface area contributed by atoms with Gasteiger partial charge in [0.2, 0.25) is 0 Å². The first-order valence-electron chi connectivity index (χ1n) is 11.6. The van der Waals surface area contributed by atoms with Gasteiger partial charge in [0.1, 0.15) is 29.8 Å². The second-order valence-electron chi connectivity index (χ2n) is 8.07. The van der Waals surface area contributed by atoms with Gasteiger partial charge in [-0.15, -0.1) is 0 Å². The zero-order valence-corrected chi connectivity index (χ0v) is 20.6. The zero-order chi connectivity index (χ0) is 25.2. The van der Waals surface area contributed by atoms with Crippen molar-refractivity contribution in [3.8, 4) is 5.75 Å². The number of allylic oxidation sites excluding steroid dienone is 2.